The molecule has 0 radical (unpaired) electrons. The highest BCUT2D eigenvalue weighted by atomic mass is 32.2. The van der Waals surface area contributed by atoms with E-state index in [-0.39, 0.29) is 23.1 Å². The number of nitriles is 1. The number of piperazine rings is 1. The van der Waals surface area contributed by atoms with Crippen molar-refractivity contribution in [1.29, 1.82) is 5.26 Å². The molecule has 3 heterocycles. The number of carbonyl (C=O) groups excluding carboxylic acids is 1. The van der Waals surface area contributed by atoms with Crippen LogP contribution in [0.4, 0.5) is 5.82 Å². The van der Waals surface area contributed by atoms with E-state index < -0.39 is 0 Å². The van der Waals surface area contributed by atoms with Crippen molar-refractivity contribution in [2.45, 2.75) is 46.8 Å². The molecule has 0 saturated carbocycles. The highest BCUT2D eigenvalue weighted by Gasteiger charge is 2.35. The highest BCUT2D eigenvalue weighted by Crippen LogP contribution is 2.37. The summed E-state index contributed by atoms with van der Waals surface area (Å²) in [6.07, 6.45) is 1.83. The van der Waals surface area contributed by atoms with Crippen molar-refractivity contribution >= 4 is 46.1 Å². The molecule has 1 amide bonds. The average Bonchev–Trinajstić information content (AvgIpc) is 3.14. The molecule has 0 atom stereocenters. The van der Waals surface area contributed by atoms with Crippen LogP contribution in [0.5, 0.6) is 0 Å². The van der Waals surface area contributed by atoms with E-state index in [2.05, 4.69) is 40.1 Å². The first-order chi connectivity index (χ1) is 17.3. The third kappa shape index (κ3) is 4.99. The van der Waals surface area contributed by atoms with Crippen LogP contribution in [0, 0.1) is 18.3 Å². The molecule has 2 aliphatic rings. The molecule has 1 aromatic carbocycles. The van der Waals surface area contributed by atoms with Gasteiger partial charge in [-0.1, -0.05) is 54.3 Å². The summed E-state index contributed by atoms with van der Waals surface area (Å²) < 4.78 is 2.20. The van der Waals surface area contributed by atoms with Crippen molar-refractivity contribution in [2.24, 2.45) is 0 Å². The predicted octanol–water partition coefficient (Wildman–Crippen LogP) is 3.98. The summed E-state index contributed by atoms with van der Waals surface area (Å²) in [7, 11) is 0. The Morgan fingerprint density at radius 2 is 1.81 bits per heavy atom. The zero-order chi connectivity index (χ0) is 26.0. The number of anilines is 1. The first kappa shape index (κ1) is 26.1. The lowest BCUT2D eigenvalue weighted by Crippen LogP contribution is -2.48. The smallest absolute Gasteiger partial charge is 0.270 e. The SMILES string of the molecule is CCn1c(N2CCN(Cc3ccccc3)CC2)c(/C=C2\SC(=S)N(C(C)C)C2=O)c(C)c(C#N)c1=O. The van der Waals surface area contributed by atoms with Crippen molar-refractivity contribution in [1.82, 2.24) is 14.4 Å². The quantitative estimate of drug-likeness (QED) is 0.421. The molecule has 4 rings (SSSR count). The molecule has 2 aromatic rings. The molecule has 1 aromatic heterocycles. The second-order valence-electron chi connectivity index (χ2n) is 9.29. The Morgan fingerprint density at radius 1 is 1.14 bits per heavy atom. The number of aromatic nitrogens is 1. The van der Waals surface area contributed by atoms with Gasteiger partial charge < -0.3 is 4.90 Å². The van der Waals surface area contributed by atoms with Gasteiger partial charge in [-0.3, -0.25) is 24.0 Å². The fourth-order valence-corrected chi connectivity index (χ4v) is 6.30. The van der Waals surface area contributed by atoms with Crippen molar-refractivity contribution in [2.75, 3.05) is 31.1 Å². The number of nitrogens with zero attached hydrogens (tertiary/aromatic N) is 5. The van der Waals surface area contributed by atoms with E-state index in [1.54, 1.807) is 16.4 Å². The van der Waals surface area contributed by atoms with E-state index in [1.807, 2.05) is 32.9 Å². The van der Waals surface area contributed by atoms with Gasteiger partial charge in [0, 0.05) is 50.9 Å². The largest absolute Gasteiger partial charge is 0.355 e. The molecule has 2 saturated heterocycles. The number of amides is 1. The van der Waals surface area contributed by atoms with Gasteiger partial charge in [-0.05, 0) is 44.9 Å². The molecular weight excluding hydrogens is 490 g/mol. The fraction of sp³-hybridized carbons (Fsp3) is 0.407. The lowest BCUT2D eigenvalue weighted by Gasteiger charge is -2.38. The van der Waals surface area contributed by atoms with Gasteiger partial charge in [0.15, 0.2) is 0 Å². The van der Waals surface area contributed by atoms with E-state index in [0.717, 1.165) is 44.1 Å². The second kappa shape index (κ2) is 11.0. The minimum atomic E-state index is -0.286. The number of carbonyl (C=O) groups is 1. The number of hydrogen-bond donors (Lipinski definition) is 0. The van der Waals surface area contributed by atoms with Gasteiger partial charge in [-0.25, -0.2) is 0 Å². The summed E-state index contributed by atoms with van der Waals surface area (Å²) in [5.41, 5.74) is 2.45. The van der Waals surface area contributed by atoms with Crippen LogP contribution in [0.25, 0.3) is 6.08 Å². The number of hydrogen-bond acceptors (Lipinski definition) is 7. The Hall–Kier alpha value is -2.93. The first-order valence-electron chi connectivity index (χ1n) is 12.2. The molecule has 0 N–H and O–H groups in total. The maximum Gasteiger partial charge on any atom is 0.270 e. The van der Waals surface area contributed by atoms with E-state index in [4.69, 9.17) is 12.2 Å². The van der Waals surface area contributed by atoms with E-state index in [0.29, 0.717) is 21.3 Å². The Balaban J connectivity index is 1.73. The first-order valence-corrected chi connectivity index (χ1v) is 13.4. The minimum absolute atomic E-state index is 0.0408. The van der Waals surface area contributed by atoms with Crippen molar-refractivity contribution in [3.8, 4) is 6.07 Å². The van der Waals surface area contributed by atoms with Gasteiger partial charge in [0.25, 0.3) is 11.5 Å². The van der Waals surface area contributed by atoms with Crippen LogP contribution >= 0.6 is 24.0 Å². The van der Waals surface area contributed by atoms with Crippen LogP contribution in [-0.2, 0) is 17.9 Å². The molecule has 0 aliphatic carbocycles. The van der Waals surface area contributed by atoms with Crippen LogP contribution in [-0.4, -0.2) is 56.8 Å². The number of thioether (sulfide) groups is 1. The molecule has 2 fully saturated rings. The standard InChI is InChI=1S/C27H31N5O2S2/c1-5-31-24(30-13-11-29(12-14-30)17-20-9-7-6-8-10-20)21(19(4)22(16-28)25(31)33)15-23-26(34)32(18(2)3)27(35)36-23/h6-10,15,18H,5,11-14,17H2,1-4H3/b23-15-. The van der Waals surface area contributed by atoms with Crippen LogP contribution in [0.3, 0.4) is 0 Å². The summed E-state index contributed by atoms with van der Waals surface area (Å²) in [4.78, 5) is 33.2. The van der Waals surface area contributed by atoms with Crippen molar-refractivity contribution in [3.63, 3.8) is 0 Å². The van der Waals surface area contributed by atoms with E-state index in [1.165, 1.54) is 17.3 Å². The molecule has 0 unspecified atom stereocenters. The molecule has 7 nitrogen and oxygen atoms in total. The Morgan fingerprint density at radius 3 is 2.36 bits per heavy atom. The predicted molar refractivity (Wildman–Crippen MR) is 150 cm³/mol. The minimum Gasteiger partial charge on any atom is -0.355 e. The Labute approximate surface area is 222 Å². The summed E-state index contributed by atoms with van der Waals surface area (Å²) >= 11 is 6.74. The fourth-order valence-electron chi connectivity index (χ4n) is 4.79. The van der Waals surface area contributed by atoms with Gasteiger partial charge in [0.05, 0.1) is 4.91 Å². The highest BCUT2D eigenvalue weighted by molar-refractivity contribution is 8.26. The van der Waals surface area contributed by atoms with Crippen LogP contribution in [0.1, 0.15) is 43.0 Å². The van der Waals surface area contributed by atoms with E-state index in [9.17, 15) is 14.9 Å². The van der Waals surface area contributed by atoms with E-state index >= 15 is 0 Å². The van der Waals surface area contributed by atoms with Crippen molar-refractivity contribution < 1.29 is 4.79 Å². The molecule has 0 bridgehead atoms. The summed E-state index contributed by atoms with van der Waals surface area (Å²) in [6, 6.07) is 12.5. The molecule has 2 aliphatic heterocycles. The second-order valence-corrected chi connectivity index (χ2v) is 11.0. The lowest BCUT2D eigenvalue weighted by molar-refractivity contribution is -0.123. The average molecular weight is 522 g/mol. The number of thiocarbonyl (C=S) groups is 1. The van der Waals surface area contributed by atoms with Crippen LogP contribution in [0.2, 0.25) is 0 Å². The molecule has 9 heteroatoms. The third-order valence-electron chi connectivity index (χ3n) is 6.70. The molecule has 0 spiro atoms. The molecule has 36 heavy (non-hydrogen) atoms. The van der Waals surface area contributed by atoms with Gasteiger partial charge in [0.1, 0.15) is 21.8 Å². The summed E-state index contributed by atoms with van der Waals surface area (Å²) in [6.45, 7) is 12.1. The zero-order valence-electron chi connectivity index (χ0n) is 21.2. The van der Waals surface area contributed by atoms with Gasteiger partial charge in [-0.2, -0.15) is 5.26 Å². The maximum absolute atomic E-state index is 13.2. The summed E-state index contributed by atoms with van der Waals surface area (Å²) in [5, 5.41) is 9.78. The van der Waals surface area contributed by atoms with Crippen molar-refractivity contribution in [3.05, 3.63) is 67.8 Å². The Bertz CT molecular complexity index is 1300. The number of pyridine rings is 1. The topological polar surface area (TPSA) is 72.6 Å². The van der Waals surface area contributed by atoms with Crippen LogP contribution < -0.4 is 10.5 Å². The molecule has 188 valence electrons. The maximum atomic E-state index is 13.2. The third-order valence-corrected chi connectivity index (χ3v) is 8.03. The van der Waals surface area contributed by atoms with Gasteiger partial charge >= 0.3 is 0 Å². The number of rotatable bonds is 6. The molecular formula is C27H31N5O2S2. The van der Waals surface area contributed by atoms with Gasteiger partial charge in [0.2, 0.25) is 0 Å². The lowest BCUT2D eigenvalue weighted by atomic mass is 10.0. The van der Waals surface area contributed by atoms with Crippen LogP contribution in [0.15, 0.2) is 40.0 Å². The summed E-state index contributed by atoms with van der Waals surface area (Å²) in [5.74, 6) is 0.638. The monoisotopic (exact) mass is 521 g/mol. The normalized spacial score (nSPS) is 17.9. The Kier molecular flexibility index (Phi) is 7.98. The number of benzene rings is 1. The van der Waals surface area contributed by atoms with Gasteiger partial charge in [-0.15, -0.1) is 0 Å². The zero-order valence-corrected chi connectivity index (χ0v) is 22.8.